The van der Waals surface area contributed by atoms with E-state index in [2.05, 4.69) is 9.97 Å². The van der Waals surface area contributed by atoms with Crippen LogP contribution >= 0.6 is 0 Å². The van der Waals surface area contributed by atoms with Crippen LogP contribution in [-0.2, 0) is 0 Å². The summed E-state index contributed by atoms with van der Waals surface area (Å²) in [5, 5.41) is 0.348. The van der Waals surface area contributed by atoms with E-state index in [-0.39, 0.29) is 17.0 Å². The van der Waals surface area contributed by atoms with Crippen LogP contribution in [0, 0.1) is 6.92 Å². The molecule has 0 atom stereocenters. The molecule has 2 aromatic heterocycles. The Balaban J connectivity index is 2.29. The molecule has 2 heterocycles. The molecule has 0 unspecified atom stereocenters. The van der Waals surface area contributed by atoms with Gasteiger partial charge >= 0.3 is 5.69 Å². The second kappa shape index (κ2) is 6.87. The average molecular weight is 386 g/mol. The third-order valence-corrected chi connectivity index (χ3v) is 4.78. The molecule has 0 aliphatic heterocycles. The van der Waals surface area contributed by atoms with Gasteiger partial charge in [-0.05, 0) is 31.5 Å². The van der Waals surface area contributed by atoms with E-state index in [1.54, 1.807) is 36.4 Å². The van der Waals surface area contributed by atoms with E-state index in [1.165, 1.54) is 11.5 Å². The number of Topliss-reactive ketones (excluding diaryl/α,β-unsaturated/α-hetero) is 1. The first kappa shape index (κ1) is 18.4. The number of hydrogen-bond donors (Lipinski definition) is 2. The summed E-state index contributed by atoms with van der Waals surface area (Å²) in [4.78, 5) is 44.7. The maximum absolute atomic E-state index is 13.5. The standard InChI is InChI=1S/C22H18N4O3/c1-12-8-10-15(11-9-12)26-20-18(19(23)24-22(29)25-20)17(14-6-4-3-5-7-14)16(13(2)27)21(26)28/h3-11H,1-2H3,(H3,23,24,25,29). The number of fused-ring (bicyclic) bond motifs is 1. The minimum absolute atomic E-state index is 0.00942. The molecule has 4 aromatic rings. The highest BCUT2D eigenvalue weighted by atomic mass is 16.2. The Morgan fingerprint density at radius 3 is 2.31 bits per heavy atom. The van der Waals surface area contributed by atoms with Crippen molar-refractivity contribution in [2.24, 2.45) is 0 Å². The number of pyridine rings is 1. The van der Waals surface area contributed by atoms with Crippen LogP contribution in [0.2, 0.25) is 0 Å². The van der Waals surface area contributed by atoms with Crippen LogP contribution in [-0.4, -0.2) is 20.3 Å². The average Bonchev–Trinajstić information content (AvgIpc) is 2.68. The highest BCUT2D eigenvalue weighted by Crippen LogP contribution is 2.33. The maximum Gasteiger partial charge on any atom is 0.348 e. The number of nitrogens with zero attached hydrogens (tertiary/aromatic N) is 2. The van der Waals surface area contributed by atoms with Crippen molar-refractivity contribution >= 4 is 22.6 Å². The summed E-state index contributed by atoms with van der Waals surface area (Å²) in [6, 6.07) is 16.1. The molecule has 2 aromatic carbocycles. The van der Waals surface area contributed by atoms with Crippen LogP contribution in [0.15, 0.2) is 64.2 Å². The Kier molecular flexibility index (Phi) is 4.35. The largest absolute Gasteiger partial charge is 0.385 e. The van der Waals surface area contributed by atoms with Crippen LogP contribution in [0.3, 0.4) is 0 Å². The molecule has 0 saturated carbocycles. The number of carbonyl (C=O) groups excluding carboxylic acids is 1. The van der Waals surface area contributed by atoms with Crippen LogP contribution in [0.1, 0.15) is 22.8 Å². The summed E-state index contributed by atoms with van der Waals surface area (Å²) < 4.78 is 1.27. The van der Waals surface area contributed by atoms with E-state index in [1.807, 2.05) is 25.1 Å². The summed E-state index contributed by atoms with van der Waals surface area (Å²) >= 11 is 0. The van der Waals surface area contributed by atoms with Crippen LogP contribution in [0.5, 0.6) is 0 Å². The van der Waals surface area contributed by atoms with Crippen molar-refractivity contribution in [1.29, 1.82) is 0 Å². The molecule has 4 rings (SSSR count). The lowest BCUT2D eigenvalue weighted by atomic mass is 9.95. The van der Waals surface area contributed by atoms with Crippen molar-refractivity contribution in [2.75, 3.05) is 5.73 Å². The normalized spacial score (nSPS) is 11.0. The van der Waals surface area contributed by atoms with Gasteiger partial charge in [-0.2, -0.15) is 4.98 Å². The molecule has 0 amide bonds. The summed E-state index contributed by atoms with van der Waals surface area (Å²) in [7, 11) is 0. The van der Waals surface area contributed by atoms with Gasteiger partial charge in [0, 0.05) is 5.56 Å². The Labute approximate surface area is 165 Å². The summed E-state index contributed by atoms with van der Waals surface area (Å²) in [6.07, 6.45) is 0. The number of aromatic amines is 1. The molecule has 3 N–H and O–H groups in total. The lowest BCUT2D eigenvalue weighted by Crippen LogP contribution is -2.29. The molecule has 29 heavy (non-hydrogen) atoms. The number of aryl methyl sites for hydroxylation is 1. The smallest absolute Gasteiger partial charge is 0.348 e. The molecule has 0 aliphatic carbocycles. The Morgan fingerprint density at radius 1 is 1.03 bits per heavy atom. The van der Waals surface area contributed by atoms with E-state index >= 15 is 0 Å². The van der Waals surface area contributed by atoms with Crippen molar-refractivity contribution in [1.82, 2.24) is 14.5 Å². The molecule has 0 bridgehead atoms. The number of carbonyl (C=O) groups is 1. The van der Waals surface area contributed by atoms with Gasteiger partial charge in [-0.15, -0.1) is 0 Å². The van der Waals surface area contributed by atoms with Gasteiger partial charge in [0.2, 0.25) is 0 Å². The summed E-state index contributed by atoms with van der Waals surface area (Å²) in [5.74, 6) is -0.357. The monoisotopic (exact) mass is 386 g/mol. The number of hydrogen-bond acceptors (Lipinski definition) is 5. The summed E-state index contributed by atoms with van der Waals surface area (Å²) in [5.41, 5.74) is 7.52. The number of ketones is 1. The Hall–Kier alpha value is -4.00. The molecular weight excluding hydrogens is 368 g/mol. The van der Waals surface area contributed by atoms with Gasteiger partial charge in [-0.1, -0.05) is 48.0 Å². The minimum Gasteiger partial charge on any atom is -0.385 e. The predicted molar refractivity (Wildman–Crippen MR) is 113 cm³/mol. The first-order chi connectivity index (χ1) is 13.9. The summed E-state index contributed by atoms with van der Waals surface area (Å²) in [6.45, 7) is 3.26. The molecule has 0 fully saturated rings. The van der Waals surface area contributed by atoms with Gasteiger partial charge in [0.25, 0.3) is 5.56 Å². The first-order valence-electron chi connectivity index (χ1n) is 9.00. The third kappa shape index (κ3) is 3.02. The number of rotatable bonds is 3. The first-order valence-corrected chi connectivity index (χ1v) is 9.00. The van der Waals surface area contributed by atoms with Crippen LogP contribution in [0.25, 0.3) is 27.8 Å². The fourth-order valence-corrected chi connectivity index (χ4v) is 3.48. The number of benzene rings is 2. The number of nitrogen functional groups attached to an aromatic ring is 1. The van der Waals surface area contributed by atoms with E-state index in [0.717, 1.165) is 5.56 Å². The van der Waals surface area contributed by atoms with E-state index in [4.69, 9.17) is 5.73 Å². The number of nitrogens with one attached hydrogen (secondary N) is 1. The predicted octanol–water partition coefficient (Wildman–Crippen LogP) is 2.83. The molecule has 0 spiro atoms. The molecule has 7 heteroatoms. The zero-order valence-electron chi connectivity index (χ0n) is 15.9. The highest BCUT2D eigenvalue weighted by molar-refractivity contribution is 6.11. The van der Waals surface area contributed by atoms with Crippen molar-refractivity contribution in [3.8, 4) is 16.8 Å². The second-order valence-electron chi connectivity index (χ2n) is 6.80. The lowest BCUT2D eigenvalue weighted by molar-refractivity contribution is 0.101. The Morgan fingerprint density at radius 2 is 1.69 bits per heavy atom. The van der Waals surface area contributed by atoms with Crippen molar-refractivity contribution < 1.29 is 4.79 Å². The molecule has 0 radical (unpaired) electrons. The third-order valence-electron chi connectivity index (χ3n) is 4.78. The fraction of sp³-hybridized carbons (Fsp3) is 0.0909. The number of H-pyrrole nitrogens is 1. The Bertz CT molecular complexity index is 1370. The molecule has 0 aliphatic rings. The lowest BCUT2D eigenvalue weighted by Gasteiger charge is -2.17. The maximum atomic E-state index is 13.5. The number of anilines is 1. The van der Waals surface area contributed by atoms with Crippen molar-refractivity contribution in [3.63, 3.8) is 0 Å². The van der Waals surface area contributed by atoms with Gasteiger partial charge < -0.3 is 5.73 Å². The van der Waals surface area contributed by atoms with E-state index in [9.17, 15) is 14.4 Å². The van der Waals surface area contributed by atoms with Gasteiger partial charge in [0.1, 0.15) is 5.82 Å². The zero-order valence-corrected chi connectivity index (χ0v) is 15.9. The second-order valence-corrected chi connectivity index (χ2v) is 6.80. The number of aromatic nitrogens is 3. The minimum atomic E-state index is -0.676. The van der Waals surface area contributed by atoms with Crippen molar-refractivity contribution in [3.05, 3.63) is 86.6 Å². The molecule has 7 nitrogen and oxygen atoms in total. The molecular formula is C22H18N4O3. The van der Waals surface area contributed by atoms with Gasteiger partial charge in [-0.25, -0.2) is 4.79 Å². The highest BCUT2D eigenvalue weighted by Gasteiger charge is 2.24. The molecule has 144 valence electrons. The van der Waals surface area contributed by atoms with Gasteiger partial charge in [0.15, 0.2) is 11.4 Å². The molecule has 0 saturated heterocycles. The van der Waals surface area contributed by atoms with Crippen LogP contribution in [0.4, 0.5) is 5.82 Å². The van der Waals surface area contributed by atoms with Crippen LogP contribution < -0.4 is 17.0 Å². The fourth-order valence-electron chi connectivity index (χ4n) is 3.48. The van der Waals surface area contributed by atoms with E-state index < -0.39 is 17.0 Å². The van der Waals surface area contributed by atoms with Gasteiger partial charge in [0.05, 0.1) is 16.6 Å². The van der Waals surface area contributed by atoms with Gasteiger partial charge in [-0.3, -0.25) is 19.1 Å². The SMILES string of the molecule is CC(=O)c1c(-c2ccccc2)c2c(N)[nH]c(=O)nc2n(-c2ccc(C)cc2)c1=O. The zero-order chi connectivity index (χ0) is 20.7. The van der Waals surface area contributed by atoms with E-state index in [0.29, 0.717) is 22.2 Å². The quantitative estimate of drug-likeness (QED) is 0.526. The topological polar surface area (TPSA) is 111 Å². The number of nitrogens with two attached hydrogens (primary N) is 1. The van der Waals surface area contributed by atoms with Crippen molar-refractivity contribution in [2.45, 2.75) is 13.8 Å².